The van der Waals surface area contributed by atoms with E-state index in [4.69, 9.17) is 0 Å². The first-order chi connectivity index (χ1) is 21.9. The first-order valence-corrected chi connectivity index (χ1v) is 21.7. The van der Waals surface area contributed by atoms with Gasteiger partial charge in [0.05, 0.1) is 0 Å². The van der Waals surface area contributed by atoms with E-state index in [1.165, 1.54) is 205 Å². The average molecular weight is 632 g/mol. The molecule has 0 N–H and O–H groups in total. The highest BCUT2D eigenvalue weighted by atomic mass is 14.6. The maximum Gasteiger partial charge on any atom is -0.0173 e. The minimum absolute atomic E-state index is 0.424. The average Bonchev–Trinajstić information content (AvgIpc) is 3.03. The van der Waals surface area contributed by atoms with Gasteiger partial charge in [0.2, 0.25) is 0 Å². The molecule has 0 saturated heterocycles. The molecule has 0 amide bonds. The number of hydrogen-bond acceptors (Lipinski definition) is 0. The second kappa shape index (κ2) is 29.0. The molecule has 0 nitrogen and oxygen atoms in total. The summed E-state index contributed by atoms with van der Waals surface area (Å²) >= 11 is 0. The van der Waals surface area contributed by atoms with Crippen LogP contribution >= 0.6 is 0 Å². The second-order valence-corrected chi connectivity index (χ2v) is 16.0. The van der Waals surface area contributed by atoms with Crippen LogP contribution in [-0.4, -0.2) is 0 Å². The molecule has 0 aromatic rings. The Balaban J connectivity index is 7.79. The molecule has 0 heterocycles. The van der Waals surface area contributed by atoms with Crippen LogP contribution in [-0.2, 0) is 0 Å². The third kappa shape index (κ3) is 15.8. The predicted molar refractivity (Wildman–Crippen MR) is 209 cm³/mol. The van der Waals surface area contributed by atoms with Gasteiger partial charge in [0.25, 0.3) is 0 Å². The quantitative estimate of drug-likeness (QED) is 0.0610. The van der Waals surface area contributed by atoms with Gasteiger partial charge in [-0.15, -0.1) is 0 Å². The van der Waals surface area contributed by atoms with E-state index in [0.717, 1.165) is 0 Å². The highest BCUT2D eigenvalue weighted by molar-refractivity contribution is 5.19. The van der Waals surface area contributed by atoms with Crippen molar-refractivity contribution in [2.24, 2.45) is 16.2 Å². The highest BCUT2D eigenvalue weighted by Gasteiger charge is 2.60. The molecule has 45 heavy (non-hydrogen) atoms. The minimum atomic E-state index is 0.424. The van der Waals surface area contributed by atoms with Crippen LogP contribution in [0.1, 0.15) is 268 Å². The molecule has 0 spiro atoms. The Morgan fingerprint density at radius 3 is 0.889 bits per heavy atom. The third-order valence-electron chi connectivity index (χ3n) is 12.4. The van der Waals surface area contributed by atoms with Crippen molar-refractivity contribution in [1.29, 1.82) is 0 Å². The summed E-state index contributed by atoms with van der Waals surface area (Å²) < 4.78 is 0. The van der Waals surface area contributed by atoms with Crippen molar-refractivity contribution in [3.63, 3.8) is 0 Å². The fourth-order valence-corrected chi connectivity index (χ4v) is 9.70. The summed E-state index contributed by atoms with van der Waals surface area (Å²) in [5, 5.41) is 0. The summed E-state index contributed by atoms with van der Waals surface area (Å²) in [5.74, 6) is 2.10. The molecule has 0 saturated carbocycles. The maximum atomic E-state index is 2.90. The summed E-state index contributed by atoms with van der Waals surface area (Å²) in [4.78, 5) is 0. The topological polar surface area (TPSA) is 0 Å². The Bertz CT molecular complexity index is 561. The molecule has 0 unspecified atom stereocenters. The van der Waals surface area contributed by atoms with Crippen LogP contribution in [0.15, 0.2) is 0 Å². The minimum Gasteiger partial charge on any atom is -0.0654 e. The van der Waals surface area contributed by atoms with Crippen LogP contribution in [0, 0.1) is 22.2 Å². The van der Waals surface area contributed by atoms with E-state index >= 15 is 0 Å². The molecule has 0 aromatic heterocycles. The Labute approximate surface area is 289 Å². The molecule has 0 fully saturated rings. The van der Waals surface area contributed by atoms with Crippen LogP contribution in [0.3, 0.4) is 0 Å². The standard InChI is InChI=1S/C45H91/c1-10-18-26-34-42(35-27-19-11-2)44(38-30-22-14-5,39-31-23-15-6)45(40-32-24-16-7,41-33-25-17-8)43(9,36-28-20-12-3)37-29-21-13-4/h10-41H2,1-9H3. The SMILES string of the molecule is CCCCC[C](CCCCC)C(CCCCC)(CCCCC)C(CCCCC)(CCCCC)C(C)(CCCCC)CCCCC. The van der Waals surface area contributed by atoms with Gasteiger partial charge >= 0.3 is 0 Å². The van der Waals surface area contributed by atoms with E-state index in [1.807, 2.05) is 0 Å². The normalized spacial score (nSPS) is 12.9. The molecular weight excluding hydrogens is 540 g/mol. The molecular formula is C45H91. The van der Waals surface area contributed by atoms with Crippen LogP contribution in [0.25, 0.3) is 0 Å². The van der Waals surface area contributed by atoms with Crippen LogP contribution in [0.2, 0.25) is 0 Å². The lowest BCUT2D eigenvalue weighted by molar-refractivity contribution is -0.118. The zero-order valence-electron chi connectivity index (χ0n) is 33.6. The smallest absolute Gasteiger partial charge is 0.0173 e. The van der Waals surface area contributed by atoms with Gasteiger partial charge in [-0.1, -0.05) is 216 Å². The first kappa shape index (κ1) is 45.0. The van der Waals surface area contributed by atoms with Gasteiger partial charge in [0.15, 0.2) is 0 Å². The van der Waals surface area contributed by atoms with E-state index in [1.54, 1.807) is 0 Å². The Morgan fingerprint density at radius 1 is 0.311 bits per heavy atom. The Hall–Kier alpha value is 0. The van der Waals surface area contributed by atoms with Crippen molar-refractivity contribution in [2.45, 2.75) is 268 Å². The zero-order chi connectivity index (χ0) is 33.7. The molecule has 0 aliphatic heterocycles. The highest BCUT2D eigenvalue weighted by Crippen LogP contribution is 2.69. The van der Waals surface area contributed by atoms with Crippen molar-refractivity contribution in [3.05, 3.63) is 5.92 Å². The number of hydrogen-bond donors (Lipinski definition) is 0. The molecule has 0 bridgehead atoms. The molecule has 0 heteroatoms. The van der Waals surface area contributed by atoms with Crippen molar-refractivity contribution < 1.29 is 0 Å². The molecule has 0 rings (SSSR count). The summed E-state index contributed by atoms with van der Waals surface area (Å²) in [6, 6.07) is 0. The van der Waals surface area contributed by atoms with E-state index in [9.17, 15) is 0 Å². The molecule has 1 radical (unpaired) electrons. The maximum absolute atomic E-state index is 2.90. The summed E-state index contributed by atoms with van der Waals surface area (Å²) in [6.07, 6.45) is 45.6. The van der Waals surface area contributed by atoms with E-state index < -0.39 is 0 Å². The molecule has 271 valence electrons. The lowest BCUT2D eigenvalue weighted by atomic mass is 9.40. The van der Waals surface area contributed by atoms with Crippen LogP contribution in [0.5, 0.6) is 0 Å². The van der Waals surface area contributed by atoms with Gasteiger partial charge in [0, 0.05) is 0 Å². The Kier molecular flexibility index (Phi) is 29.0. The van der Waals surface area contributed by atoms with Gasteiger partial charge in [-0.05, 0) is 73.5 Å². The van der Waals surface area contributed by atoms with Crippen molar-refractivity contribution in [1.82, 2.24) is 0 Å². The van der Waals surface area contributed by atoms with Gasteiger partial charge in [0.1, 0.15) is 0 Å². The van der Waals surface area contributed by atoms with Crippen molar-refractivity contribution in [3.8, 4) is 0 Å². The molecule has 0 aromatic carbocycles. The summed E-state index contributed by atoms with van der Waals surface area (Å²) in [5.41, 5.74) is 1.31. The Morgan fingerprint density at radius 2 is 0.578 bits per heavy atom. The van der Waals surface area contributed by atoms with Gasteiger partial charge < -0.3 is 0 Å². The van der Waals surface area contributed by atoms with E-state index in [0.29, 0.717) is 16.2 Å². The van der Waals surface area contributed by atoms with E-state index in [-0.39, 0.29) is 0 Å². The fourth-order valence-electron chi connectivity index (χ4n) is 9.70. The predicted octanol–water partition coefficient (Wildman–Crippen LogP) is 17.2. The fraction of sp³-hybridized carbons (Fsp3) is 0.978. The van der Waals surface area contributed by atoms with Gasteiger partial charge in [-0.25, -0.2) is 0 Å². The summed E-state index contributed by atoms with van der Waals surface area (Å²) in [6.45, 7) is 22.4. The van der Waals surface area contributed by atoms with Crippen molar-refractivity contribution >= 4 is 0 Å². The molecule has 0 aliphatic carbocycles. The monoisotopic (exact) mass is 632 g/mol. The lowest BCUT2D eigenvalue weighted by Crippen LogP contribution is -2.56. The second-order valence-electron chi connectivity index (χ2n) is 16.0. The van der Waals surface area contributed by atoms with Gasteiger partial charge in [-0.3, -0.25) is 0 Å². The number of unbranched alkanes of at least 4 members (excludes halogenated alkanes) is 16. The molecule has 0 aliphatic rings. The molecule has 0 atom stereocenters. The zero-order valence-corrected chi connectivity index (χ0v) is 33.6. The van der Waals surface area contributed by atoms with Crippen molar-refractivity contribution in [2.75, 3.05) is 0 Å². The van der Waals surface area contributed by atoms with E-state index in [2.05, 4.69) is 68.2 Å². The van der Waals surface area contributed by atoms with Crippen LogP contribution < -0.4 is 0 Å². The number of rotatable bonds is 35. The lowest BCUT2D eigenvalue weighted by Gasteiger charge is -2.64. The first-order valence-electron chi connectivity index (χ1n) is 21.7. The van der Waals surface area contributed by atoms with Crippen LogP contribution in [0.4, 0.5) is 0 Å². The van der Waals surface area contributed by atoms with Gasteiger partial charge in [-0.2, -0.15) is 0 Å². The third-order valence-corrected chi connectivity index (χ3v) is 12.4. The summed E-state index contributed by atoms with van der Waals surface area (Å²) in [7, 11) is 0. The largest absolute Gasteiger partial charge is 0.0654 e.